The number of aliphatic hydroxyl groups is 2. The number of halogens is 3. The number of likely N-dealkylation sites (tertiary alicyclic amines) is 1. The first-order valence-electron chi connectivity index (χ1n) is 18.7. The van der Waals surface area contributed by atoms with Crippen molar-refractivity contribution in [3.63, 3.8) is 0 Å². The van der Waals surface area contributed by atoms with Gasteiger partial charge in [0, 0.05) is 25.1 Å². The summed E-state index contributed by atoms with van der Waals surface area (Å²) in [5, 5.41) is 44.1. The summed E-state index contributed by atoms with van der Waals surface area (Å²) in [5.41, 5.74) is 0.353. The zero-order chi connectivity index (χ0) is 42.7. The van der Waals surface area contributed by atoms with Gasteiger partial charge in [0.05, 0.1) is 24.3 Å². The van der Waals surface area contributed by atoms with Gasteiger partial charge in [-0.2, -0.15) is 13.2 Å². The number of phenolic OH excluding ortho intramolecular Hbond substituents is 1. The monoisotopic (exact) mass is 825 g/mol. The number of phenols is 1. The number of carboxylic acid groups (broad SMARTS) is 1. The SMILES string of the molecule is CN1CC[C@]23c4c5ccc(O)c4O[C@H]2C(OC(=O)CCNC(=O)[C@@H](O)c2ccccc2)=CC[C@@]3(OC(=O)CCNC(=O)[C@@H](O)c2ccccc2)[C@H]1C5.O=C(O)C(F)(F)F. The molecule has 314 valence electrons. The van der Waals surface area contributed by atoms with Gasteiger partial charge in [-0.3, -0.25) is 24.1 Å². The fraction of sp³-hybridized carbons (Fsp3) is 0.390. The van der Waals surface area contributed by atoms with Crippen molar-refractivity contribution in [2.45, 2.75) is 73.7 Å². The molecule has 2 amide bonds. The Morgan fingerprint density at radius 2 is 1.42 bits per heavy atom. The molecule has 0 saturated carbocycles. The van der Waals surface area contributed by atoms with E-state index in [2.05, 4.69) is 15.5 Å². The molecule has 2 heterocycles. The molecule has 6 N–H and O–H groups in total. The van der Waals surface area contributed by atoms with Gasteiger partial charge in [0.25, 0.3) is 11.8 Å². The second kappa shape index (κ2) is 17.1. The molecular formula is C41H42F3N3O12. The van der Waals surface area contributed by atoms with Gasteiger partial charge in [0.1, 0.15) is 11.4 Å². The van der Waals surface area contributed by atoms with Crippen molar-refractivity contribution in [1.29, 1.82) is 0 Å². The molecule has 1 spiro atoms. The number of carboxylic acids is 1. The van der Waals surface area contributed by atoms with Crippen molar-refractivity contribution in [2.24, 2.45) is 0 Å². The van der Waals surface area contributed by atoms with Crippen LogP contribution in [0.25, 0.3) is 0 Å². The second-order valence-electron chi connectivity index (χ2n) is 14.5. The predicted molar refractivity (Wildman–Crippen MR) is 198 cm³/mol. The standard InChI is InChI=1S/C39H41N3O10.C2HF3O2/c1-42-21-18-38-31-25-12-13-26(43)34(31)51-35(38)27(50-29(44)15-19-40-36(48)32(46)23-8-4-2-5-9-23)14-17-39(38,28(42)22-25)52-30(45)16-20-41-37(49)33(47)24-10-6-3-7-11-24;3-2(4,5)1(6)7/h2-14,28,32-33,35,43,46-47H,15-22H2,1H3,(H,40,48)(H,41,49);(H,6,7)/t28-,32+,33+,35+,38+,39-;/m1./s1. The van der Waals surface area contributed by atoms with Crippen molar-refractivity contribution in [3.05, 3.63) is 107 Å². The highest BCUT2D eigenvalue weighted by Gasteiger charge is 2.74. The van der Waals surface area contributed by atoms with Crippen LogP contribution >= 0.6 is 0 Å². The van der Waals surface area contributed by atoms with Gasteiger partial charge in [-0.05, 0) is 55.3 Å². The van der Waals surface area contributed by atoms with Crippen molar-refractivity contribution in [1.82, 2.24) is 15.5 Å². The molecule has 6 atom stereocenters. The minimum absolute atomic E-state index is 0.0642. The lowest BCUT2D eigenvalue weighted by Crippen LogP contribution is -2.75. The Hall–Kier alpha value is -5.98. The van der Waals surface area contributed by atoms with Crippen LogP contribution in [0, 0.1) is 0 Å². The molecule has 0 unspecified atom stereocenters. The Balaban J connectivity index is 0.000000768. The quantitative estimate of drug-likeness (QED) is 0.145. The topological polar surface area (TPSA) is 221 Å². The van der Waals surface area contributed by atoms with E-state index < -0.39 is 65.2 Å². The van der Waals surface area contributed by atoms with Gasteiger partial charge < -0.3 is 45.3 Å². The van der Waals surface area contributed by atoms with Gasteiger partial charge in [-0.25, -0.2) is 4.79 Å². The molecule has 2 aliphatic heterocycles. The minimum Gasteiger partial charge on any atom is -0.504 e. The highest BCUT2D eigenvalue weighted by Crippen LogP contribution is 2.66. The number of hydrogen-bond acceptors (Lipinski definition) is 12. The van der Waals surface area contributed by atoms with Gasteiger partial charge in [0.15, 0.2) is 29.8 Å². The molecule has 3 aromatic carbocycles. The molecule has 18 heteroatoms. The third-order valence-electron chi connectivity index (χ3n) is 11.1. The van der Waals surface area contributed by atoms with Crippen LogP contribution in [0.5, 0.6) is 11.5 Å². The maximum atomic E-state index is 13.7. The number of amides is 2. The average Bonchev–Trinajstić information content (AvgIpc) is 3.57. The van der Waals surface area contributed by atoms with E-state index in [4.69, 9.17) is 24.1 Å². The highest BCUT2D eigenvalue weighted by atomic mass is 19.4. The predicted octanol–water partition coefficient (Wildman–Crippen LogP) is 2.88. The number of esters is 2. The van der Waals surface area contributed by atoms with Crippen molar-refractivity contribution in [2.75, 3.05) is 26.7 Å². The number of ether oxygens (including phenoxy) is 3. The molecular weight excluding hydrogens is 783 g/mol. The number of alkyl halides is 3. The smallest absolute Gasteiger partial charge is 0.490 e. The van der Waals surface area contributed by atoms with Crippen LogP contribution in [-0.4, -0.2) is 106 Å². The number of rotatable bonds is 12. The summed E-state index contributed by atoms with van der Waals surface area (Å²) >= 11 is 0. The molecule has 2 bridgehead atoms. The number of aliphatic hydroxyl groups excluding tert-OH is 2. The third kappa shape index (κ3) is 8.33. The van der Waals surface area contributed by atoms with Crippen molar-refractivity contribution < 1.29 is 71.8 Å². The molecule has 59 heavy (non-hydrogen) atoms. The van der Waals surface area contributed by atoms with Gasteiger partial charge in [0.2, 0.25) is 0 Å². The summed E-state index contributed by atoms with van der Waals surface area (Å²) < 4.78 is 50.6. The Morgan fingerprint density at radius 1 is 0.881 bits per heavy atom. The number of piperidine rings is 1. The summed E-state index contributed by atoms with van der Waals surface area (Å²) in [6.45, 7) is 0.470. The lowest BCUT2D eigenvalue weighted by atomic mass is 9.50. The Labute approximate surface area is 335 Å². The number of hydrogen-bond donors (Lipinski definition) is 6. The molecule has 3 aromatic rings. The van der Waals surface area contributed by atoms with Crippen LogP contribution < -0.4 is 15.4 Å². The van der Waals surface area contributed by atoms with Gasteiger partial charge >= 0.3 is 24.1 Å². The first-order valence-corrected chi connectivity index (χ1v) is 18.7. The Morgan fingerprint density at radius 3 is 1.97 bits per heavy atom. The largest absolute Gasteiger partial charge is 0.504 e. The maximum absolute atomic E-state index is 13.7. The molecule has 0 aromatic heterocycles. The number of likely N-dealkylation sites (N-methyl/N-ethyl adjacent to an activating group) is 1. The van der Waals surface area contributed by atoms with Crippen molar-refractivity contribution >= 4 is 29.7 Å². The fourth-order valence-electron chi connectivity index (χ4n) is 8.39. The highest BCUT2D eigenvalue weighted by molar-refractivity contribution is 5.83. The van der Waals surface area contributed by atoms with E-state index in [0.29, 0.717) is 30.5 Å². The zero-order valence-corrected chi connectivity index (χ0v) is 31.6. The summed E-state index contributed by atoms with van der Waals surface area (Å²) in [4.78, 5) is 63.1. The third-order valence-corrected chi connectivity index (χ3v) is 11.1. The van der Waals surface area contributed by atoms with Crippen LogP contribution in [0.15, 0.2) is 84.6 Å². The van der Waals surface area contributed by atoms with E-state index in [9.17, 15) is 47.7 Å². The van der Waals surface area contributed by atoms with E-state index >= 15 is 0 Å². The maximum Gasteiger partial charge on any atom is 0.490 e. The normalized spacial score (nSPS) is 23.4. The van der Waals surface area contributed by atoms with E-state index in [1.54, 1.807) is 72.8 Å². The van der Waals surface area contributed by atoms with Gasteiger partial charge in [-0.15, -0.1) is 0 Å². The molecule has 1 fully saturated rings. The molecule has 2 aliphatic carbocycles. The second-order valence-corrected chi connectivity index (χ2v) is 14.5. The molecule has 7 rings (SSSR count). The average molecular weight is 826 g/mol. The zero-order valence-electron chi connectivity index (χ0n) is 31.6. The fourth-order valence-corrected chi connectivity index (χ4v) is 8.39. The number of aromatic hydroxyl groups is 1. The van der Waals surface area contributed by atoms with Crippen molar-refractivity contribution in [3.8, 4) is 11.5 Å². The van der Waals surface area contributed by atoms with Crippen LogP contribution in [0.2, 0.25) is 0 Å². The summed E-state index contributed by atoms with van der Waals surface area (Å²) in [6.07, 6.45) is -6.26. The molecule has 15 nitrogen and oxygen atoms in total. The van der Waals surface area contributed by atoms with Gasteiger partial charge in [-0.1, -0.05) is 66.7 Å². The molecule has 0 radical (unpaired) electrons. The lowest BCUT2D eigenvalue weighted by Gasteiger charge is -2.62. The van der Waals surface area contributed by atoms with E-state index in [1.165, 1.54) is 0 Å². The van der Waals surface area contributed by atoms with Crippen LogP contribution in [-0.2, 0) is 45.3 Å². The van der Waals surface area contributed by atoms with E-state index in [1.807, 2.05) is 13.1 Å². The Bertz CT molecular complexity index is 2120. The summed E-state index contributed by atoms with van der Waals surface area (Å²) in [7, 11) is 1.97. The first kappa shape index (κ1) is 42.6. The summed E-state index contributed by atoms with van der Waals surface area (Å²) in [6, 6.07) is 20.1. The Kier molecular flexibility index (Phi) is 12.3. The number of nitrogens with zero attached hydrogens (tertiary/aromatic N) is 1. The minimum atomic E-state index is -5.08. The lowest BCUT2D eigenvalue weighted by molar-refractivity contribution is -0.206. The van der Waals surface area contributed by atoms with Crippen LogP contribution in [0.4, 0.5) is 13.2 Å². The number of benzene rings is 3. The number of nitrogens with one attached hydrogen (secondary N) is 2. The summed E-state index contributed by atoms with van der Waals surface area (Å²) in [5.74, 6) is -4.84. The molecule has 1 saturated heterocycles. The number of carbonyl (C=O) groups is 5. The first-order chi connectivity index (χ1) is 28.0. The van der Waals surface area contributed by atoms with Crippen LogP contribution in [0.1, 0.15) is 60.1 Å². The number of aliphatic carboxylic acids is 1. The van der Waals surface area contributed by atoms with Crippen LogP contribution in [0.3, 0.4) is 0 Å². The molecule has 4 aliphatic rings. The number of carbonyl (C=O) groups excluding carboxylic acids is 4. The van der Waals surface area contributed by atoms with E-state index in [0.717, 1.165) is 11.1 Å². The van der Waals surface area contributed by atoms with E-state index in [-0.39, 0.29) is 55.7 Å².